The maximum absolute atomic E-state index is 13.3. The first-order valence-corrected chi connectivity index (χ1v) is 8.26. The lowest BCUT2D eigenvalue weighted by Gasteiger charge is -2.08. The summed E-state index contributed by atoms with van der Waals surface area (Å²) in [4.78, 5) is 0. The number of aromatic nitrogens is 2. The van der Waals surface area contributed by atoms with Gasteiger partial charge < -0.3 is 5.32 Å². The molecule has 130 valence electrons. The van der Waals surface area contributed by atoms with Crippen molar-refractivity contribution in [2.45, 2.75) is 33.5 Å². The summed E-state index contributed by atoms with van der Waals surface area (Å²) in [6.07, 6.45) is 0. The molecule has 0 amide bonds. The zero-order valence-electron chi connectivity index (χ0n) is 14.4. The maximum Gasteiger partial charge on any atom is 0.159 e. The Hall–Kier alpha value is -2.53. The van der Waals surface area contributed by atoms with Gasteiger partial charge in [-0.05, 0) is 37.1 Å². The van der Waals surface area contributed by atoms with E-state index in [2.05, 4.69) is 29.5 Å². The van der Waals surface area contributed by atoms with E-state index in [0.29, 0.717) is 18.7 Å². The van der Waals surface area contributed by atoms with Crippen LogP contribution in [0.5, 0.6) is 0 Å². The van der Waals surface area contributed by atoms with Gasteiger partial charge in [0.1, 0.15) is 0 Å². The molecule has 0 saturated heterocycles. The van der Waals surface area contributed by atoms with Gasteiger partial charge in [-0.2, -0.15) is 5.10 Å². The van der Waals surface area contributed by atoms with Crippen LogP contribution in [0.4, 0.5) is 8.78 Å². The van der Waals surface area contributed by atoms with Crippen molar-refractivity contribution >= 4 is 0 Å². The molecular weight excluding hydrogens is 320 g/mol. The number of halogens is 2. The van der Waals surface area contributed by atoms with Gasteiger partial charge in [-0.3, -0.25) is 4.68 Å². The van der Waals surface area contributed by atoms with Crippen LogP contribution in [0.2, 0.25) is 0 Å². The molecule has 1 N–H and O–H groups in total. The van der Waals surface area contributed by atoms with Crippen LogP contribution in [-0.2, 0) is 19.6 Å². The molecule has 0 unspecified atom stereocenters. The summed E-state index contributed by atoms with van der Waals surface area (Å²) in [6, 6.07) is 14.2. The number of rotatable bonds is 6. The normalized spacial score (nSPS) is 11.0. The molecule has 3 aromatic rings. The van der Waals surface area contributed by atoms with Gasteiger partial charge in [0, 0.05) is 24.3 Å². The largest absolute Gasteiger partial charge is 0.308 e. The van der Waals surface area contributed by atoms with Crippen molar-refractivity contribution in [1.29, 1.82) is 0 Å². The van der Waals surface area contributed by atoms with E-state index in [1.54, 1.807) is 6.07 Å². The second kappa shape index (κ2) is 7.57. The molecule has 0 aliphatic rings. The Morgan fingerprint density at radius 2 is 1.68 bits per heavy atom. The Morgan fingerprint density at radius 3 is 2.40 bits per heavy atom. The van der Waals surface area contributed by atoms with E-state index in [9.17, 15) is 8.78 Å². The smallest absolute Gasteiger partial charge is 0.159 e. The standard InChI is InChI=1S/C20H21F2N3/c1-14-18(12-23-11-17-8-9-19(21)20(22)10-17)15(2)25(24-14)13-16-6-4-3-5-7-16/h3-10,23H,11-13H2,1-2H3. The van der Waals surface area contributed by atoms with Gasteiger partial charge in [-0.1, -0.05) is 36.4 Å². The van der Waals surface area contributed by atoms with Gasteiger partial charge in [0.25, 0.3) is 0 Å². The van der Waals surface area contributed by atoms with Crippen molar-refractivity contribution in [2.75, 3.05) is 0 Å². The lowest BCUT2D eigenvalue weighted by molar-refractivity contribution is 0.506. The first-order valence-electron chi connectivity index (χ1n) is 8.26. The number of nitrogens with zero attached hydrogens (tertiary/aromatic N) is 2. The molecule has 5 heteroatoms. The first kappa shape index (κ1) is 17.3. The average molecular weight is 341 g/mol. The van der Waals surface area contributed by atoms with Crippen molar-refractivity contribution in [2.24, 2.45) is 0 Å². The van der Waals surface area contributed by atoms with Gasteiger partial charge in [-0.25, -0.2) is 8.78 Å². The van der Waals surface area contributed by atoms with Crippen molar-refractivity contribution in [3.63, 3.8) is 0 Å². The summed E-state index contributed by atoms with van der Waals surface area (Å²) in [5.74, 6) is -1.64. The maximum atomic E-state index is 13.3. The third-order valence-corrected chi connectivity index (χ3v) is 4.32. The fourth-order valence-electron chi connectivity index (χ4n) is 2.88. The number of benzene rings is 2. The van der Waals surface area contributed by atoms with E-state index in [0.717, 1.165) is 29.6 Å². The Bertz CT molecular complexity index is 857. The minimum absolute atomic E-state index is 0.472. The molecule has 25 heavy (non-hydrogen) atoms. The molecule has 0 bridgehead atoms. The quantitative estimate of drug-likeness (QED) is 0.731. The van der Waals surface area contributed by atoms with Crippen LogP contribution in [0.1, 0.15) is 28.1 Å². The van der Waals surface area contributed by atoms with Crippen LogP contribution in [0, 0.1) is 25.5 Å². The third kappa shape index (κ3) is 4.12. The van der Waals surface area contributed by atoms with E-state index >= 15 is 0 Å². The summed E-state index contributed by atoms with van der Waals surface area (Å²) in [5, 5.41) is 7.90. The van der Waals surface area contributed by atoms with E-state index in [4.69, 9.17) is 0 Å². The topological polar surface area (TPSA) is 29.9 Å². The second-order valence-electron chi connectivity index (χ2n) is 6.14. The van der Waals surface area contributed by atoms with E-state index in [1.165, 1.54) is 11.6 Å². The Kier molecular flexibility index (Phi) is 5.24. The molecule has 0 atom stereocenters. The molecule has 0 aliphatic heterocycles. The van der Waals surface area contributed by atoms with E-state index in [-0.39, 0.29) is 0 Å². The molecule has 0 radical (unpaired) electrons. The molecule has 1 aromatic heterocycles. The summed E-state index contributed by atoms with van der Waals surface area (Å²) < 4.78 is 28.2. The SMILES string of the molecule is Cc1nn(Cc2ccccc2)c(C)c1CNCc1ccc(F)c(F)c1. The molecule has 3 rings (SSSR count). The predicted molar refractivity (Wildman–Crippen MR) is 94.1 cm³/mol. The predicted octanol–water partition coefficient (Wildman–Crippen LogP) is 4.12. The van der Waals surface area contributed by atoms with Crippen LogP contribution in [0.15, 0.2) is 48.5 Å². The number of hydrogen-bond acceptors (Lipinski definition) is 2. The number of nitrogens with one attached hydrogen (secondary N) is 1. The Morgan fingerprint density at radius 1 is 0.920 bits per heavy atom. The van der Waals surface area contributed by atoms with Gasteiger partial charge in [0.2, 0.25) is 0 Å². The summed E-state index contributed by atoms with van der Waals surface area (Å²) in [7, 11) is 0. The lowest BCUT2D eigenvalue weighted by Crippen LogP contribution is -2.14. The Labute approximate surface area is 146 Å². The van der Waals surface area contributed by atoms with Crippen molar-refractivity contribution in [1.82, 2.24) is 15.1 Å². The average Bonchev–Trinajstić information content (AvgIpc) is 2.86. The third-order valence-electron chi connectivity index (χ3n) is 4.32. The highest BCUT2D eigenvalue weighted by molar-refractivity contribution is 5.26. The molecule has 0 aliphatic carbocycles. The summed E-state index contributed by atoms with van der Waals surface area (Å²) in [5.41, 5.74) is 5.14. The van der Waals surface area contributed by atoms with Crippen molar-refractivity contribution < 1.29 is 8.78 Å². The molecule has 2 aromatic carbocycles. The van der Waals surface area contributed by atoms with Crippen LogP contribution < -0.4 is 5.32 Å². The molecule has 0 fully saturated rings. The minimum atomic E-state index is -0.822. The second-order valence-corrected chi connectivity index (χ2v) is 6.14. The highest BCUT2D eigenvalue weighted by atomic mass is 19.2. The fraction of sp³-hybridized carbons (Fsp3) is 0.250. The van der Waals surface area contributed by atoms with Crippen LogP contribution in [-0.4, -0.2) is 9.78 Å². The van der Waals surface area contributed by atoms with Crippen molar-refractivity contribution in [3.05, 3.63) is 88.2 Å². The zero-order valence-corrected chi connectivity index (χ0v) is 14.4. The molecule has 1 heterocycles. The lowest BCUT2D eigenvalue weighted by atomic mass is 10.1. The Balaban J connectivity index is 1.65. The molecule has 0 saturated carbocycles. The van der Waals surface area contributed by atoms with Gasteiger partial charge in [0.15, 0.2) is 11.6 Å². The molecule has 3 nitrogen and oxygen atoms in total. The van der Waals surface area contributed by atoms with Crippen LogP contribution in [0.3, 0.4) is 0 Å². The highest BCUT2D eigenvalue weighted by Gasteiger charge is 2.11. The zero-order chi connectivity index (χ0) is 17.8. The van der Waals surface area contributed by atoms with Gasteiger partial charge in [-0.15, -0.1) is 0 Å². The minimum Gasteiger partial charge on any atom is -0.308 e. The fourth-order valence-corrected chi connectivity index (χ4v) is 2.88. The monoisotopic (exact) mass is 341 g/mol. The first-order chi connectivity index (χ1) is 12.0. The number of hydrogen-bond donors (Lipinski definition) is 1. The van der Waals surface area contributed by atoms with Gasteiger partial charge in [0.05, 0.1) is 12.2 Å². The van der Waals surface area contributed by atoms with Crippen molar-refractivity contribution in [3.8, 4) is 0 Å². The van der Waals surface area contributed by atoms with Crippen LogP contribution in [0.25, 0.3) is 0 Å². The molecule has 0 spiro atoms. The summed E-state index contributed by atoms with van der Waals surface area (Å²) in [6.45, 7) is 5.88. The van der Waals surface area contributed by atoms with E-state index in [1.807, 2.05) is 29.8 Å². The van der Waals surface area contributed by atoms with E-state index < -0.39 is 11.6 Å². The van der Waals surface area contributed by atoms with Gasteiger partial charge >= 0.3 is 0 Å². The molecular formula is C20H21F2N3. The van der Waals surface area contributed by atoms with Crippen LogP contribution >= 0.6 is 0 Å². The number of aryl methyl sites for hydroxylation is 1. The summed E-state index contributed by atoms with van der Waals surface area (Å²) >= 11 is 0. The highest BCUT2D eigenvalue weighted by Crippen LogP contribution is 2.15.